The van der Waals surface area contributed by atoms with Crippen molar-refractivity contribution in [2.45, 2.75) is 26.5 Å². The minimum Gasteiger partial charge on any atom is -0.497 e. The van der Waals surface area contributed by atoms with Crippen molar-refractivity contribution >= 4 is 36.6 Å². The van der Waals surface area contributed by atoms with Gasteiger partial charge in [-0.1, -0.05) is 12.1 Å². The third-order valence-corrected chi connectivity index (χ3v) is 5.62. The number of hydrogen-bond acceptors (Lipinski definition) is 7. The molecule has 0 unspecified atom stereocenters. The Morgan fingerprint density at radius 3 is 2.28 bits per heavy atom. The minimum absolute atomic E-state index is 0. The van der Waals surface area contributed by atoms with Crippen molar-refractivity contribution < 1.29 is 19.0 Å². The molecule has 1 aliphatic heterocycles. The number of aromatic nitrogens is 1. The van der Waals surface area contributed by atoms with E-state index < -0.39 is 0 Å². The van der Waals surface area contributed by atoms with E-state index in [0.717, 1.165) is 50.0 Å². The molecule has 1 aromatic heterocycles. The van der Waals surface area contributed by atoms with Crippen LogP contribution in [-0.2, 0) is 11.3 Å². The van der Waals surface area contributed by atoms with Crippen molar-refractivity contribution in [2.75, 3.05) is 38.2 Å². The first-order valence-electron chi connectivity index (χ1n) is 11.6. The second-order valence-electron chi connectivity index (χ2n) is 8.52. The molecule has 1 fully saturated rings. The standard InChI is InChI=1S/C27H31N3O4.2ClH/c1-20(2)33-27(31)25-8-5-13-28-26(25)30-16-14-29(15-17-30)19-21-6-4-7-24(18-21)34-23-11-9-22(32-3)10-12-23;;/h4-13,18,20H,14-17,19H2,1-3H3;2*1H. The summed E-state index contributed by atoms with van der Waals surface area (Å²) in [6.45, 7) is 7.87. The van der Waals surface area contributed by atoms with E-state index in [-0.39, 0.29) is 36.9 Å². The van der Waals surface area contributed by atoms with Gasteiger partial charge in [-0.25, -0.2) is 9.78 Å². The number of carbonyl (C=O) groups excluding carboxylic acids is 1. The highest BCUT2D eigenvalue weighted by Crippen LogP contribution is 2.26. The first-order chi connectivity index (χ1) is 16.5. The highest BCUT2D eigenvalue weighted by atomic mass is 35.5. The molecule has 7 nitrogen and oxygen atoms in total. The Kier molecular flexibility index (Phi) is 11.3. The Labute approximate surface area is 225 Å². The topological polar surface area (TPSA) is 64.1 Å². The molecule has 0 saturated carbocycles. The second kappa shape index (κ2) is 13.9. The number of benzene rings is 2. The lowest BCUT2D eigenvalue weighted by molar-refractivity contribution is 0.0378. The summed E-state index contributed by atoms with van der Waals surface area (Å²) in [5.74, 6) is 2.75. The van der Waals surface area contributed by atoms with Gasteiger partial charge in [-0.2, -0.15) is 0 Å². The monoisotopic (exact) mass is 533 g/mol. The van der Waals surface area contributed by atoms with Gasteiger partial charge in [0.05, 0.1) is 13.2 Å². The van der Waals surface area contributed by atoms with Crippen LogP contribution in [0.1, 0.15) is 29.8 Å². The third kappa shape index (κ3) is 7.75. The molecule has 0 amide bonds. The SMILES string of the molecule is COc1ccc(Oc2cccc(CN3CCN(c4ncccc4C(=O)OC(C)C)CC3)c2)cc1.Cl.Cl. The molecule has 0 aliphatic carbocycles. The zero-order valence-corrected chi connectivity index (χ0v) is 22.4. The first-order valence-corrected chi connectivity index (χ1v) is 11.6. The normalized spacial score (nSPS) is 13.4. The number of hydrogen-bond donors (Lipinski definition) is 0. The lowest BCUT2D eigenvalue weighted by Crippen LogP contribution is -2.46. The molecule has 4 rings (SSSR count). The third-order valence-electron chi connectivity index (χ3n) is 5.62. The summed E-state index contributed by atoms with van der Waals surface area (Å²) in [6, 6.07) is 19.3. The van der Waals surface area contributed by atoms with Crippen LogP contribution in [0, 0.1) is 0 Å². The Hall–Kier alpha value is -3.00. The lowest BCUT2D eigenvalue weighted by Gasteiger charge is -2.36. The maximum atomic E-state index is 12.5. The van der Waals surface area contributed by atoms with Gasteiger partial charge in [0, 0.05) is 38.9 Å². The van der Waals surface area contributed by atoms with Crippen LogP contribution in [-0.4, -0.2) is 55.2 Å². The molecule has 3 aromatic rings. The Morgan fingerprint density at radius 1 is 0.917 bits per heavy atom. The molecular weight excluding hydrogens is 501 g/mol. The van der Waals surface area contributed by atoms with Gasteiger partial charge < -0.3 is 19.1 Å². The van der Waals surface area contributed by atoms with Gasteiger partial charge in [0.25, 0.3) is 0 Å². The predicted octanol–water partition coefficient (Wildman–Crippen LogP) is 5.61. The van der Waals surface area contributed by atoms with E-state index in [1.54, 1.807) is 25.4 Å². The van der Waals surface area contributed by atoms with Gasteiger partial charge in [0.1, 0.15) is 28.6 Å². The van der Waals surface area contributed by atoms with Crippen LogP contribution in [0.2, 0.25) is 0 Å². The number of carbonyl (C=O) groups is 1. The van der Waals surface area contributed by atoms with Crippen LogP contribution in [0.3, 0.4) is 0 Å². The Balaban J connectivity index is 0.00000228. The summed E-state index contributed by atoms with van der Waals surface area (Å²) in [5.41, 5.74) is 1.71. The fraction of sp³-hybridized carbons (Fsp3) is 0.333. The van der Waals surface area contributed by atoms with Crippen molar-refractivity contribution in [3.63, 3.8) is 0 Å². The molecular formula is C27H33Cl2N3O4. The minimum atomic E-state index is -0.325. The first kappa shape index (κ1) is 29.2. The van der Waals surface area contributed by atoms with E-state index in [9.17, 15) is 4.79 Å². The predicted molar refractivity (Wildman–Crippen MR) is 146 cm³/mol. The summed E-state index contributed by atoms with van der Waals surface area (Å²) in [7, 11) is 1.65. The van der Waals surface area contributed by atoms with Gasteiger partial charge in [0.2, 0.25) is 0 Å². The molecule has 194 valence electrons. The van der Waals surface area contributed by atoms with Crippen LogP contribution >= 0.6 is 24.8 Å². The Bertz CT molecular complexity index is 1100. The van der Waals surface area contributed by atoms with Crippen LogP contribution in [0.25, 0.3) is 0 Å². The van der Waals surface area contributed by atoms with E-state index >= 15 is 0 Å². The van der Waals surface area contributed by atoms with Crippen LogP contribution in [0.5, 0.6) is 17.2 Å². The average molecular weight is 534 g/mol. The van der Waals surface area contributed by atoms with Crippen LogP contribution < -0.4 is 14.4 Å². The molecule has 2 heterocycles. The molecule has 0 atom stereocenters. The van der Waals surface area contributed by atoms with Gasteiger partial charge in [-0.05, 0) is 67.9 Å². The number of pyridine rings is 1. The number of anilines is 1. The number of ether oxygens (including phenoxy) is 3. The van der Waals surface area contributed by atoms with Crippen molar-refractivity contribution in [2.24, 2.45) is 0 Å². The summed E-state index contributed by atoms with van der Waals surface area (Å²) in [4.78, 5) is 21.6. The van der Waals surface area contributed by atoms with E-state index in [2.05, 4.69) is 26.9 Å². The molecule has 2 aromatic carbocycles. The van der Waals surface area contributed by atoms with E-state index in [4.69, 9.17) is 14.2 Å². The number of esters is 1. The molecule has 9 heteroatoms. The maximum Gasteiger partial charge on any atom is 0.342 e. The zero-order valence-electron chi connectivity index (χ0n) is 20.8. The highest BCUT2D eigenvalue weighted by molar-refractivity contribution is 5.94. The summed E-state index contributed by atoms with van der Waals surface area (Å²) >= 11 is 0. The molecule has 1 saturated heterocycles. The number of rotatable bonds is 8. The number of nitrogens with zero attached hydrogens (tertiary/aromatic N) is 3. The summed E-state index contributed by atoms with van der Waals surface area (Å²) < 4.78 is 16.6. The average Bonchev–Trinajstić information content (AvgIpc) is 2.85. The maximum absolute atomic E-state index is 12.5. The van der Waals surface area contributed by atoms with Gasteiger partial charge in [-0.3, -0.25) is 4.90 Å². The Morgan fingerprint density at radius 2 is 1.61 bits per heavy atom. The van der Waals surface area contributed by atoms with Gasteiger partial charge >= 0.3 is 5.97 Å². The molecule has 0 bridgehead atoms. The van der Waals surface area contributed by atoms with E-state index in [1.165, 1.54) is 5.56 Å². The zero-order chi connectivity index (χ0) is 23.9. The van der Waals surface area contributed by atoms with Crippen molar-refractivity contribution in [1.82, 2.24) is 9.88 Å². The largest absolute Gasteiger partial charge is 0.497 e. The number of methoxy groups -OCH3 is 1. The molecule has 0 radical (unpaired) electrons. The summed E-state index contributed by atoms with van der Waals surface area (Å²) in [5, 5.41) is 0. The van der Waals surface area contributed by atoms with Gasteiger partial charge in [0.15, 0.2) is 0 Å². The number of piperazine rings is 1. The van der Waals surface area contributed by atoms with Crippen LogP contribution in [0.4, 0.5) is 5.82 Å². The van der Waals surface area contributed by atoms with Crippen molar-refractivity contribution in [3.05, 3.63) is 78.0 Å². The fourth-order valence-corrected chi connectivity index (χ4v) is 3.95. The quantitative estimate of drug-likeness (QED) is 0.348. The molecule has 0 N–H and O–H groups in total. The number of halogens is 2. The summed E-state index contributed by atoms with van der Waals surface area (Å²) in [6.07, 6.45) is 1.56. The second-order valence-corrected chi connectivity index (χ2v) is 8.52. The smallest absolute Gasteiger partial charge is 0.342 e. The van der Waals surface area contributed by atoms with E-state index in [1.807, 2.05) is 50.2 Å². The van der Waals surface area contributed by atoms with Crippen molar-refractivity contribution in [1.29, 1.82) is 0 Å². The van der Waals surface area contributed by atoms with E-state index in [0.29, 0.717) is 11.4 Å². The fourth-order valence-electron chi connectivity index (χ4n) is 3.95. The van der Waals surface area contributed by atoms with Gasteiger partial charge in [-0.15, -0.1) is 24.8 Å². The highest BCUT2D eigenvalue weighted by Gasteiger charge is 2.23. The molecule has 1 aliphatic rings. The van der Waals surface area contributed by atoms with Crippen LogP contribution in [0.15, 0.2) is 66.9 Å². The van der Waals surface area contributed by atoms with Crippen molar-refractivity contribution in [3.8, 4) is 17.2 Å². The lowest BCUT2D eigenvalue weighted by atomic mass is 10.1. The molecule has 36 heavy (non-hydrogen) atoms. The molecule has 0 spiro atoms.